The first-order chi connectivity index (χ1) is 6.25. The molecule has 3 N–H and O–H groups in total. The van der Waals surface area contributed by atoms with Gasteiger partial charge in [0.15, 0.2) is 0 Å². The molecule has 0 aliphatic heterocycles. The fraction of sp³-hybridized carbons (Fsp3) is 0.700. The van der Waals surface area contributed by atoms with Gasteiger partial charge in [-0.25, -0.2) is 9.55 Å². The molecule has 0 aliphatic carbocycles. The molecule has 1 heterocycles. The summed E-state index contributed by atoms with van der Waals surface area (Å²) in [7, 11) is 2.02. The average Bonchev–Trinajstić information content (AvgIpc) is 2.52. The summed E-state index contributed by atoms with van der Waals surface area (Å²) >= 11 is 0. The van der Waals surface area contributed by atoms with Gasteiger partial charge >= 0.3 is 0 Å². The highest BCUT2D eigenvalue weighted by atomic mass is 15.1. The van der Waals surface area contributed by atoms with Crippen LogP contribution in [-0.4, -0.2) is 4.98 Å². The molecule has 0 saturated heterocycles. The van der Waals surface area contributed by atoms with Gasteiger partial charge < -0.3 is 5.73 Å². The summed E-state index contributed by atoms with van der Waals surface area (Å²) in [4.78, 5) is 3.17. The van der Waals surface area contributed by atoms with E-state index in [0.717, 1.165) is 12.2 Å². The first-order valence-electron chi connectivity index (χ1n) is 5.04. The zero-order chi connectivity index (χ0) is 9.68. The number of nitrogens with one attached hydrogen (secondary N) is 1. The lowest BCUT2D eigenvalue weighted by atomic mass is 10.1. The number of aromatic nitrogens is 2. The molecule has 3 heteroatoms. The van der Waals surface area contributed by atoms with E-state index in [1.54, 1.807) is 0 Å². The zero-order valence-corrected chi connectivity index (χ0v) is 8.59. The molecule has 0 fully saturated rings. The normalized spacial score (nSPS) is 13.2. The topological polar surface area (TPSA) is 45.7 Å². The number of aryl methyl sites for hydroxylation is 1. The molecule has 0 amide bonds. The molecule has 13 heavy (non-hydrogen) atoms. The van der Waals surface area contributed by atoms with E-state index in [4.69, 9.17) is 5.73 Å². The van der Waals surface area contributed by atoms with Crippen LogP contribution >= 0.6 is 0 Å². The van der Waals surface area contributed by atoms with Crippen LogP contribution in [0, 0.1) is 0 Å². The van der Waals surface area contributed by atoms with Crippen LogP contribution in [0.5, 0.6) is 0 Å². The Morgan fingerprint density at radius 1 is 1.54 bits per heavy atom. The molecule has 1 aromatic heterocycles. The van der Waals surface area contributed by atoms with E-state index in [1.807, 2.05) is 19.4 Å². The number of imidazole rings is 1. The number of nitrogens with two attached hydrogens (primary N) is 1. The molecule has 3 nitrogen and oxygen atoms in total. The number of H-pyrrole nitrogens is 1. The van der Waals surface area contributed by atoms with Gasteiger partial charge in [0.1, 0.15) is 18.4 Å². The van der Waals surface area contributed by atoms with E-state index in [1.165, 1.54) is 19.3 Å². The Morgan fingerprint density at radius 2 is 2.31 bits per heavy atom. The summed E-state index contributed by atoms with van der Waals surface area (Å²) < 4.78 is 2.05. The highest BCUT2D eigenvalue weighted by molar-refractivity contribution is 4.85. The average molecular weight is 182 g/mol. The number of nitrogens with zero attached hydrogens (tertiary/aromatic N) is 1. The monoisotopic (exact) mass is 182 g/mol. The molecular weight excluding hydrogens is 162 g/mol. The first-order valence-corrected chi connectivity index (χ1v) is 5.04. The quantitative estimate of drug-likeness (QED) is 0.525. The Kier molecular flexibility index (Phi) is 3.96. The minimum Gasteiger partial charge on any atom is -0.318 e. The van der Waals surface area contributed by atoms with Crippen molar-refractivity contribution in [1.82, 2.24) is 4.98 Å². The van der Waals surface area contributed by atoms with Crippen molar-refractivity contribution in [3.63, 3.8) is 0 Å². The summed E-state index contributed by atoms with van der Waals surface area (Å²) in [5.74, 6) is 1.12. The van der Waals surface area contributed by atoms with Gasteiger partial charge in [0.25, 0.3) is 5.82 Å². The third-order valence-electron chi connectivity index (χ3n) is 2.38. The van der Waals surface area contributed by atoms with E-state index in [-0.39, 0.29) is 6.04 Å². The number of hydrogen-bond donors (Lipinski definition) is 2. The van der Waals surface area contributed by atoms with Crippen LogP contribution in [0.4, 0.5) is 0 Å². The van der Waals surface area contributed by atoms with Crippen LogP contribution in [0.1, 0.15) is 44.5 Å². The number of rotatable bonds is 5. The third kappa shape index (κ3) is 2.84. The summed E-state index contributed by atoms with van der Waals surface area (Å²) in [5, 5.41) is 0. The maximum atomic E-state index is 6.03. The summed E-state index contributed by atoms with van der Waals surface area (Å²) in [6, 6.07) is 0.159. The van der Waals surface area contributed by atoms with Gasteiger partial charge in [-0.05, 0) is 6.42 Å². The lowest BCUT2D eigenvalue weighted by Gasteiger charge is -2.05. The second-order valence-corrected chi connectivity index (χ2v) is 3.56. The Hall–Kier alpha value is -0.830. The molecule has 0 spiro atoms. The molecule has 74 valence electrons. The van der Waals surface area contributed by atoms with Crippen molar-refractivity contribution in [3.8, 4) is 0 Å². The number of aromatic amines is 1. The largest absolute Gasteiger partial charge is 0.318 e. The van der Waals surface area contributed by atoms with E-state index in [9.17, 15) is 0 Å². The number of hydrogen-bond acceptors (Lipinski definition) is 1. The first kappa shape index (κ1) is 10.3. The second-order valence-electron chi connectivity index (χ2n) is 3.56. The van der Waals surface area contributed by atoms with E-state index in [0.29, 0.717) is 0 Å². The van der Waals surface area contributed by atoms with Crippen molar-refractivity contribution < 1.29 is 4.57 Å². The predicted octanol–water partition coefficient (Wildman–Crippen LogP) is 1.42. The predicted molar refractivity (Wildman–Crippen MR) is 53.0 cm³/mol. The summed E-state index contributed by atoms with van der Waals surface area (Å²) in [5.41, 5.74) is 6.03. The van der Waals surface area contributed by atoms with Crippen LogP contribution in [0.25, 0.3) is 0 Å². The second kappa shape index (κ2) is 5.02. The van der Waals surface area contributed by atoms with Crippen molar-refractivity contribution >= 4 is 0 Å². The van der Waals surface area contributed by atoms with Crippen molar-refractivity contribution in [1.29, 1.82) is 0 Å². The zero-order valence-electron chi connectivity index (χ0n) is 8.59. The highest BCUT2D eigenvalue weighted by Gasteiger charge is 2.15. The molecule has 0 saturated carbocycles. The molecule has 1 aromatic rings. The van der Waals surface area contributed by atoms with Crippen LogP contribution < -0.4 is 10.3 Å². The smallest absolute Gasteiger partial charge is 0.271 e. The van der Waals surface area contributed by atoms with Crippen molar-refractivity contribution in [2.45, 2.75) is 38.6 Å². The molecule has 1 rings (SSSR count). The van der Waals surface area contributed by atoms with Crippen LogP contribution in [0.15, 0.2) is 12.4 Å². The lowest BCUT2D eigenvalue weighted by molar-refractivity contribution is -0.679. The Balaban J connectivity index is 2.39. The van der Waals surface area contributed by atoms with Crippen molar-refractivity contribution in [3.05, 3.63) is 18.2 Å². The Morgan fingerprint density at radius 3 is 2.85 bits per heavy atom. The van der Waals surface area contributed by atoms with Gasteiger partial charge in [-0.1, -0.05) is 26.2 Å². The molecular formula is C10H20N3+. The standard InChI is InChI=1S/C10H19N3/c1-3-4-5-6-9(11)10-12-7-8-13(10)2/h7-9H,3-6,11H2,1-2H3/p+1. The molecule has 0 aliphatic rings. The van der Waals surface area contributed by atoms with E-state index >= 15 is 0 Å². The summed E-state index contributed by atoms with van der Waals surface area (Å²) in [6.07, 6.45) is 8.74. The van der Waals surface area contributed by atoms with Crippen LogP contribution in [0.3, 0.4) is 0 Å². The highest BCUT2D eigenvalue weighted by Crippen LogP contribution is 2.11. The maximum Gasteiger partial charge on any atom is 0.271 e. The SMILES string of the molecule is CCCCCC(N)c1[nH]cc[n+]1C. The van der Waals surface area contributed by atoms with E-state index < -0.39 is 0 Å². The maximum absolute atomic E-state index is 6.03. The summed E-state index contributed by atoms with van der Waals surface area (Å²) in [6.45, 7) is 2.21. The Bertz CT molecular complexity index is 242. The Labute approximate surface area is 80.0 Å². The van der Waals surface area contributed by atoms with Crippen LogP contribution in [0.2, 0.25) is 0 Å². The van der Waals surface area contributed by atoms with Gasteiger partial charge in [0.2, 0.25) is 0 Å². The van der Waals surface area contributed by atoms with Crippen molar-refractivity contribution in [2.24, 2.45) is 12.8 Å². The minimum atomic E-state index is 0.159. The number of unbranched alkanes of at least 4 members (excludes halogenated alkanes) is 2. The molecule has 0 aromatic carbocycles. The van der Waals surface area contributed by atoms with Crippen LogP contribution in [-0.2, 0) is 7.05 Å². The van der Waals surface area contributed by atoms with Crippen molar-refractivity contribution in [2.75, 3.05) is 0 Å². The fourth-order valence-corrected chi connectivity index (χ4v) is 1.54. The lowest BCUT2D eigenvalue weighted by Crippen LogP contribution is -2.34. The fourth-order valence-electron chi connectivity index (χ4n) is 1.54. The molecule has 1 atom stereocenters. The van der Waals surface area contributed by atoms with E-state index in [2.05, 4.69) is 16.5 Å². The molecule has 0 radical (unpaired) electrons. The third-order valence-corrected chi connectivity index (χ3v) is 2.38. The molecule has 0 bridgehead atoms. The van der Waals surface area contributed by atoms with Gasteiger partial charge in [0.05, 0.1) is 7.05 Å². The van der Waals surface area contributed by atoms with Gasteiger partial charge in [-0.3, -0.25) is 0 Å². The van der Waals surface area contributed by atoms with Gasteiger partial charge in [-0.2, -0.15) is 0 Å². The minimum absolute atomic E-state index is 0.159. The van der Waals surface area contributed by atoms with Gasteiger partial charge in [0, 0.05) is 0 Å². The van der Waals surface area contributed by atoms with Gasteiger partial charge in [-0.15, -0.1) is 0 Å². The molecule has 1 unspecified atom stereocenters.